The lowest BCUT2D eigenvalue weighted by Gasteiger charge is -2.46. The van der Waals surface area contributed by atoms with Gasteiger partial charge in [-0.1, -0.05) is 35.9 Å². The number of nitrogens with zero attached hydrogens (tertiary/aromatic N) is 1. The summed E-state index contributed by atoms with van der Waals surface area (Å²) in [5.74, 6) is 2.23. The van der Waals surface area contributed by atoms with Gasteiger partial charge in [-0.25, -0.2) is 0 Å². The first-order chi connectivity index (χ1) is 16.9. The zero-order valence-corrected chi connectivity index (χ0v) is 21.2. The Morgan fingerprint density at radius 2 is 1.94 bits per heavy atom. The molecule has 0 bridgehead atoms. The molecule has 0 amide bonds. The van der Waals surface area contributed by atoms with Gasteiger partial charge in [-0.15, -0.1) is 6.58 Å². The molecule has 2 aromatic carbocycles. The standard InChI is InChI=1S/C29H37NO2.CO2/c1-5-27(31-4)24-11-10-23(24)17-30-18-29(19-32-28-13-9-21(3)16-26(28)30)14-6-7-22-15-20(2)8-12-25(22)29;2-1-3/h5,8-9,12-13,15-16,23-24,27H,1,6-7,10-11,14,17-19H2,2-4H3;/t23-,24+,27-,29-;/m0./s1. The van der Waals surface area contributed by atoms with E-state index in [9.17, 15) is 0 Å². The highest BCUT2D eigenvalue weighted by Gasteiger charge is 2.44. The summed E-state index contributed by atoms with van der Waals surface area (Å²) in [7, 11) is 1.82. The molecule has 1 spiro atoms. The molecule has 0 aromatic heterocycles. The molecule has 2 aromatic rings. The molecule has 35 heavy (non-hydrogen) atoms. The molecule has 0 N–H and O–H groups in total. The number of aryl methyl sites for hydroxylation is 3. The fourth-order valence-electron chi connectivity index (χ4n) is 6.37. The van der Waals surface area contributed by atoms with Crippen molar-refractivity contribution >= 4 is 11.8 Å². The molecule has 186 valence electrons. The van der Waals surface area contributed by atoms with E-state index in [0.717, 1.165) is 25.4 Å². The molecule has 4 atom stereocenters. The normalized spacial score (nSPS) is 25.4. The smallest absolute Gasteiger partial charge is 0.373 e. The highest BCUT2D eigenvalue weighted by Crippen LogP contribution is 2.46. The average Bonchev–Trinajstić information content (AvgIpc) is 2.98. The third kappa shape index (κ3) is 5.07. The van der Waals surface area contributed by atoms with Gasteiger partial charge >= 0.3 is 6.15 Å². The third-order valence-corrected chi connectivity index (χ3v) is 8.24. The first-order valence-corrected chi connectivity index (χ1v) is 12.7. The van der Waals surface area contributed by atoms with Crippen molar-refractivity contribution in [2.24, 2.45) is 11.8 Å². The molecule has 3 aliphatic rings. The predicted octanol–water partition coefficient (Wildman–Crippen LogP) is 5.42. The fraction of sp³-hybridized carbons (Fsp3) is 0.500. The number of hydrogen-bond donors (Lipinski definition) is 0. The number of benzene rings is 2. The number of rotatable bonds is 5. The first-order valence-electron chi connectivity index (χ1n) is 12.7. The van der Waals surface area contributed by atoms with Gasteiger partial charge in [0, 0.05) is 25.6 Å². The number of anilines is 1. The topological polar surface area (TPSA) is 55.8 Å². The molecule has 0 radical (unpaired) electrons. The first kappa shape index (κ1) is 25.2. The molecule has 1 heterocycles. The van der Waals surface area contributed by atoms with Gasteiger partial charge < -0.3 is 14.4 Å². The second kappa shape index (κ2) is 10.8. The summed E-state index contributed by atoms with van der Waals surface area (Å²) in [6.07, 6.45) is 8.49. The number of carbonyl (C=O) groups excluding carboxylic acids is 2. The van der Waals surface area contributed by atoms with Crippen LogP contribution in [0.1, 0.15) is 47.9 Å². The summed E-state index contributed by atoms with van der Waals surface area (Å²) in [5, 5.41) is 0. The molecule has 1 aliphatic heterocycles. The Balaban J connectivity index is 0.000000917. The zero-order valence-electron chi connectivity index (χ0n) is 21.2. The van der Waals surface area contributed by atoms with Crippen LogP contribution in [0.3, 0.4) is 0 Å². The summed E-state index contributed by atoms with van der Waals surface area (Å²) in [4.78, 5) is 18.9. The van der Waals surface area contributed by atoms with Crippen molar-refractivity contribution < 1.29 is 19.1 Å². The van der Waals surface area contributed by atoms with Crippen LogP contribution in [0.5, 0.6) is 5.75 Å². The molecule has 5 rings (SSSR count). The maximum Gasteiger partial charge on any atom is 0.373 e. The number of methoxy groups -OCH3 is 1. The highest BCUT2D eigenvalue weighted by atomic mass is 16.5. The summed E-state index contributed by atoms with van der Waals surface area (Å²) in [6.45, 7) is 11.3. The number of fused-ring (bicyclic) bond motifs is 3. The maximum absolute atomic E-state index is 8.12. The fourth-order valence-corrected chi connectivity index (χ4v) is 6.37. The van der Waals surface area contributed by atoms with Crippen molar-refractivity contribution in [1.82, 2.24) is 0 Å². The molecule has 2 aliphatic carbocycles. The minimum atomic E-state index is 0.0482. The van der Waals surface area contributed by atoms with E-state index in [1.807, 2.05) is 13.2 Å². The summed E-state index contributed by atoms with van der Waals surface area (Å²) in [6, 6.07) is 13.7. The van der Waals surface area contributed by atoms with Crippen molar-refractivity contribution in [1.29, 1.82) is 0 Å². The van der Waals surface area contributed by atoms with Gasteiger partial charge in [0.05, 0.1) is 18.4 Å². The Morgan fingerprint density at radius 1 is 1.20 bits per heavy atom. The third-order valence-electron chi connectivity index (χ3n) is 8.24. The van der Waals surface area contributed by atoms with E-state index in [2.05, 4.69) is 61.7 Å². The number of ether oxygens (including phenoxy) is 2. The van der Waals surface area contributed by atoms with Gasteiger partial charge in [0.25, 0.3) is 0 Å². The van der Waals surface area contributed by atoms with Gasteiger partial charge in [-0.05, 0) is 86.6 Å². The molecular formula is C30H37NO4. The summed E-state index contributed by atoms with van der Waals surface area (Å²) < 4.78 is 12.3. The van der Waals surface area contributed by atoms with Crippen molar-refractivity contribution in [3.8, 4) is 5.75 Å². The van der Waals surface area contributed by atoms with Crippen molar-refractivity contribution in [2.45, 2.75) is 57.5 Å². The zero-order chi connectivity index (χ0) is 25.0. The van der Waals surface area contributed by atoms with E-state index in [4.69, 9.17) is 19.1 Å². The van der Waals surface area contributed by atoms with Crippen LogP contribution in [0, 0.1) is 25.7 Å². The van der Waals surface area contributed by atoms with E-state index in [0.29, 0.717) is 11.8 Å². The van der Waals surface area contributed by atoms with Crippen LogP contribution in [-0.4, -0.2) is 39.1 Å². The van der Waals surface area contributed by atoms with Crippen LogP contribution in [0.15, 0.2) is 49.1 Å². The lowest BCUT2D eigenvalue weighted by Crippen LogP contribution is -2.49. The molecule has 1 fully saturated rings. The van der Waals surface area contributed by atoms with Gasteiger partial charge in [0.15, 0.2) is 0 Å². The lowest BCUT2D eigenvalue weighted by molar-refractivity contribution is -0.191. The van der Waals surface area contributed by atoms with Crippen LogP contribution in [0.2, 0.25) is 0 Å². The van der Waals surface area contributed by atoms with Crippen LogP contribution in [0.25, 0.3) is 0 Å². The Bertz CT molecular complexity index is 1090. The Morgan fingerprint density at radius 3 is 2.63 bits per heavy atom. The van der Waals surface area contributed by atoms with Crippen molar-refractivity contribution in [3.05, 3.63) is 71.3 Å². The molecule has 0 unspecified atom stereocenters. The van der Waals surface area contributed by atoms with Crippen molar-refractivity contribution in [2.75, 3.05) is 31.7 Å². The van der Waals surface area contributed by atoms with E-state index in [-0.39, 0.29) is 17.7 Å². The quantitative estimate of drug-likeness (QED) is 0.541. The molecule has 0 saturated heterocycles. The Labute approximate surface area is 209 Å². The minimum Gasteiger partial charge on any atom is -0.490 e. The lowest BCUT2D eigenvalue weighted by atomic mass is 9.68. The maximum atomic E-state index is 8.12. The minimum absolute atomic E-state index is 0.0482. The summed E-state index contributed by atoms with van der Waals surface area (Å²) >= 11 is 0. The largest absolute Gasteiger partial charge is 0.490 e. The van der Waals surface area contributed by atoms with E-state index in [1.54, 1.807) is 0 Å². The SMILES string of the molecule is C=C[C@H](OC)[C@@H]1CC[C@H]1CN1C[C@@]2(CCCc3cc(C)ccc32)COc2ccc(C)cc21.O=C=O. The van der Waals surface area contributed by atoms with Crippen LogP contribution < -0.4 is 9.64 Å². The Kier molecular flexibility index (Phi) is 7.78. The number of hydrogen-bond acceptors (Lipinski definition) is 5. The van der Waals surface area contributed by atoms with Gasteiger partial charge in [0.1, 0.15) is 5.75 Å². The van der Waals surface area contributed by atoms with Gasteiger partial charge in [-0.2, -0.15) is 9.59 Å². The van der Waals surface area contributed by atoms with Crippen LogP contribution in [-0.2, 0) is 26.2 Å². The molecule has 5 heteroatoms. The van der Waals surface area contributed by atoms with Crippen molar-refractivity contribution in [3.63, 3.8) is 0 Å². The summed E-state index contributed by atoms with van der Waals surface area (Å²) in [5.41, 5.74) is 6.99. The molecular weight excluding hydrogens is 438 g/mol. The molecule has 1 saturated carbocycles. The van der Waals surface area contributed by atoms with Crippen LogP contribution in [0.4, 0.5) is 5.69 Å². The van der Waals surface area contributed by atoms with Gasteiger partial charge in [0.2, 0.25) is 0 Å². The van der Waals surface area contributed by atoms with Crippen LogP contribution >= 0.6 is 0 Å². The molecule has 5 nitrogen and oxygen atoms in total. The van der Waals surface area contributed by atoms with E-state index >= 15 is 0 Å². The van der Waals surface area contributed by atoms with E-state index < -0.39 is 0 Å². The predicted molar refractivity (Wildman–Crippen MR) is 137 cm³/mol. The monoisotopic (exact) mass is 475 g/mol. The second-order valence-electron chi connectivity index (χ2n) is 10.5. The van der Waals surface area contributed by atoms with Gasteiger partial charge in [-0.3, -0.25) is 0 Å². The Hall–Kier alpha value is -2.88. The highest BCUT2D eigenvalue weighted by molar-refractivity contribution is 5.62. The second-order valence-corrected chi connectivity index (χ2v) is 10.5. The average molecular weight is 476 g/mol. The van der Waals surface area contributed by atoms with E-state index in [1.165, 1.54) is 60.0 Å².